The van der Waals surface area contributed by atoms with Crippen molar-refractivity contribution in [3.05, 3.63) is 0 Å². The van der Waals surface area contributed by atoms with E-state index in [9.17, 15) is 8.42 Å². The van der Waals surface area contributed by atoms with Crippen LogP contribution in [0.4, 0.5) is 0 Å². The van der Waals surface area contributed by atoms with Gasteiger partial charge in [0.25, 0.3) is 0 Å². The fourth-order valence-corrected chi connectivity index (χ4v) is 4.91. The van der Waals surface area contributed by atoms with Crippen LogP contribution in [0, 0.1) is 5.92 Å². The third-order valence-electron chi connectivity index (χ3n) is 4.79. The number of nitrogens with zero attached hydrogens (tertiary/aromatic N) is 2. The third-order valence-corrected chi connectivity index (χ3v) is 6.69. The predicted octanol–water partition coefficient (Wildman–Crippen LogP) is 0.732. The van der Waals surface area contributed by atoms with Crippen LogP contribution in [0.3, 0.4) is 0 Å². The average Bonchev–Trinajstić information content (AvgIpc) is 2.46. The smallest absolute Gasteiger partial charge is 0.214 e. The van der Waals surface area contributed by atoms with Crippen LogP contribution in [0.25, 0.3) is 0 Å². The van der Waals surface area contributed by atoms with Gasteiger partial charge in [-0.2, -0.15) is 0 Å². The van der Waals surface area contributed by atoms with E-state index in [1.54, 1.807) is 4.31 Å². The summed E-state index contributed by atoms with van der Waals surface area (Å²) in [5.41, 5.74) is 0. The second-order valence-corrected chi connectivity index (χ2v) is 8.48. The summed E-state index contributed by atoms with van der Waals surface area (Å²) in [5.74, 6) is 0.926. The lowest BCUT2D eigenvalue weighted by molar-refractivity contribution is 0.196. The number of nitrogens with one attached hydrogen (secondary N) is 1. The predicted molar refractivity (Wildman–Crippen MR) is 82.3 cm³/mol. The molecular weight excluding hydrogens is 274 g/mol. The first-order valence-corrected chi connectivity index (χ1v) is 9.45. The van der Waals surface area contributed by atoms with Gasteiger partial charge in [0.2, 0.25) is 10.0 Å². The Labute approximate surface area is 123 Å². The Kier molecular flexibility index (Phi) is 5.84. The van der Waals surface area contributed by atoms with Crippen LogP contribution in [0.5, 0.6) is 0 Å². The van der Waals surface area contributed by atoms with Crippen LogP contribution in [0.2, 0.25) is 0 Å². The van der Waals surface area contributed by atoms with Gasteiger partial charge in [0.15, 0.2) is 0 Å². The van der Waals surface area contributed by atoms with Crippen LogP contribution in [-0.4, -0.2) is 69.7 Å². The molecule has 2 heterocycles. The third kappa shape index (κ3) is 4.41. The highest BCUT2D eigenvalue weighted by Gasteiger charge is 2.29. The Morgan fingerprint density at radius 1 is 1.10 bits per heavy atom. The monoisotopic (exact) mass is 303 g/mol. The molecule has 2 aliphatic rings. The second-order valence-electron chi connectivity index (χ2n) is 6.39. The summed E-state index contributed by atoms with van der Waals surface area (Å²) in [7, 11) is 1.11. The zero-order chi connectivity index (χ0) is 14.6. The van der Waals surface area contributed by atoms with E-state index in [1.165, 1.54) is 0 Å². The molecule has 2 saturated heterocycles. The molecule has 5 nitrogen and oxygen atoms in total. The van der Waals surface area contributed by atoms with Gasteiger partial charge < -0.3 is 10.2 Å². The van der Waals surface area contributed by atoms with E-state index >= 15 is 0 Å². The molecule has 6 heteroatoms. The summed E-state index contributed by atoms with van der Waals surface area (Å²) in [6, 6.07) is 0.533. The van der Waals surface area contributed by atoms with Crippen molar-refractivity contribution in [2.24, 2.45) is 5.92 Å². The molecule has 118 valence electrons. The van der Waals surface area contributed by atoms with Gasteiger partial charge in [-0.3, -0.25) is 0 Å². The SMILES string of the molecule is CN(C)C1CCN(S(=O)(=O)CCC2CCNCC2)CC1. The Bertz CT molecular complexity index is 383. The molecule has 2 rings (SSSR count). The molecule has 2 aliphatic heterocycles. The molecule has 0 unspecified atom stereocenters. The van der Waals surface area contributed by atoms with Crippen LogP contribution in [-0.2, 0) is 10.0 Å². The van der Waals surface area contributed by atoms with Gasteiger partial charge in [0, 0.05) is 19.1 Å². The minimum absolute atomic E-state index is 0.338. The van der Waals surface area contributed by atoms with Crippen molar-refractivity contribution in [2.75, 3.05) is 46.0 Å². The summed E-state index contributed by atoms with van der Waals surface area (Å²) in [5, 5.41) is 3.33. The Hall–Kier alpha value is -0.170. The van der Waals surface area contributed by atoms with E-state index in [0.29, 0.717) is 30.8 Å². The van der Waals surface area contributed by atoms with Crippen LogP contribution < -0.4 is 5.32 Å². The van der Waals surface area contributed by atoms with Gasteiger partial charge in [0.05, 0.1) is 5.75 Å². The molecule has 0 spiro atoms. The molecular formula is C14H29N3O2S. The van der Waals surface area contributed by atoms with Crippen molar-refractivity contribution in [3.63, 3.8) is 0 Å². The highest BCUT2D eigenvalue weighted by molar-refractivity contribution is 7.89. The van der Waals surface area contributed by atoms with E-state index in [0.717, 1.165) is 45.2 Å². The van der Waals surface area contributed by atoms with Crippen molar-refractivity contribution < 1.29 is 8.42 Å². The number of rotatable bonds is 5. The molecule has 0 amide bonds. The molecule has 20 heavy (non-hydrogen) atoms. The second kappa shape index (κ2) is 7.20. The lowest BCUT2D eigenvalue weighted by Gasteiger charge is -2.34. The van der Waals surface area contributed by atoms with Crippen LogP contribution >= 0.6 is 0 Å². The Balaban J connectivity index is 1.78. The zero-order valence-electron chi connectivity index (χ0n) is 12.8. The highest BCUT2D eigenvalue weighted by atomic mass is 32.2. The standard InChI is InChI=1S/C14H29N3O2S/c1-16(2)14-5-10-17(11-6-14)20(18,19)12-7-13-3-8-15-9-4-13/h13-15H,3-12H2,1-2H3. The molecule has 0 radical (unpaired) electrons. The Morgan fingerprint density at radius 3 is 2.25 bits per heavy atom. The molecule has 0 aliphatic carbocycles. The largest absolute Gasteiger partial charge is 0.317 e. The lowest BCUT2D eigenvalue weighted by Crippen LogP contribution is -2.45. The lowest BCUT2D eigenvalue weighted by atomic mass is 9.96. The number of piperidine rings is 2. The normalized spacial score (nSPS) is 24.4. The summed E-state index contributed by atoms with van der Waals surface area (Å²) >= 11 is 0. The first kappa shape index (κ1) is 16.2. The Morgan fingerprint density at radius 2 is 1.70 bits per heavy atom. The van der Waals surface area contributed by atoms with Crippen molar-refractivity contribution in [1.29, 1.82) is 0 Å². The first-order valence-electron chi connectivity index (χ1n) is 7.84. The highest BCUT2D eigenvalue weighted by Crippen LogP contribution is 2.21. The molecule has 2 fully saturated rings. The number of sulfonamides is 1. The van der Waals surface area contributed by atoms with Crippen LogP contribution in [0.1, 0.15) is 32.1 Å². The summed E-state index contributed by atoms with van der Waals surface area (Å²) < 4.78 is 26.5. The van der Waals surface area contributed by atoms with Gasteiger partial charge in [-0.1, -0.05) is 0 Å². The van der Waals surface area contributed by atoms with Gasteiger partial charge in [-0.25, -0.2) is 12.7 Å². The van der Waals surface area contributed by atoms with Gasteiger partial charge in [-0.05, 0) is 65.2 Å². The summed E-state index contributed by atoms with van der Waals surface area (Å²) in [6.07, 6.45) is 4.99. The van der Waals surface area contributed by atoms with Gasteiger partial charge >= 0.3 is 0 Å². The molecule has 0 saturated carbocycles. The first-order chi connectivity index (χ1) is 9.49. The maximum atomic E-state index is 12.4. The topological polar surface area (TPSA) is 52.7 Å². The summed E-state index contributed by atoms with van der Waals surface area (Å²) in [6.45, 7) is 3.46. The molecule has 0 bridgehead atoms. The minimum Gasteiger partial charge on any atom is -0.317 e. The van der Waals surface area contributed by atoms with Crippen molar-refractivity contribution in [1.82, 2.24) is 14.5 Å². The fourth-order valence-electron chi connectivity index (χ4n) is 3.25. The maximum Gasteiger partial charge on any atom is 0.214 e. The molecule has 0 aromatic carbocycles. The van der Waals surface area contributed by atoms with Crippen molar-refractivity contribution >= 4 is 10.0 Å². The zero-order valence-corrected chi connectivity index (χ0v) is 13.7. The van der Waals surface area contributed by atoms with Gasteiger partial charge in [-0.15, -0.1) is 0 Å². The minimum atomic E-state index is -3.04. The number of hydrogen-bond donors (Lipinski definition) is 1. The molecule has 1 N–H and O–H groups in total. The van der Waals surface area contributed by atoms with E-state index in [1.807, 2.05) is 0 Å². The van der Waals surface area contributed by atoms with E-state index < -0.39 is 10.0 Å². The van der Waals surface area contributed by atoms with Crippen LogP contribution in [0.15, 0.2) is 0 Å². The molecule has 0 aromatic heterocycles. The van der Waals surface area contributed by atoms with Gasteiger partial charge in [0.1, 0.15) is 0 Å². The fraction of sp³-hybridized carbons (Fsp3) is 1.00. The molecule has 0 atom stereocenters. The maximum absolute atomic E-state index is 12.4. The van der Waals surface area contributed by atoms with E-state index in [4.69, 9.17) is 0 Å². The average molecular weight is 303 g/mol. The van der Waals surface area contributed by atoms with E-state index in [-0.39, 0.29) is 0 Å². The van der Waals surface area contributed by atoms with Crippen molar-refractivity contribution in [2.45, 2.75) is 38.1 Å². The molecule has 0 aromatic rings. The quantitative estimate of drug-likeness (QED) is 0.814. The number of hydrogen-bond acceptors (Lipinski definition) is 4. The van der Waals surface area contributed by atoms with Crippen molar-refractivity contribution in [3.8, 4) is 0 Å². The van der Waals surface area contributed by atoms with E-state index in [2.05, 4.69) is 24.3 Å². The summed E-state index contributed by atoms with van der Waals surface area (Å²) in [4.78, 5) is 2.21.